The Kier molecular flexibility index (Phi) is 4.66. The number of amides is 1. The van der Waals surface area contributed by atoms with Crippen molar-refractivity contribution in [3.63, 3.8) is 0 Å². The molecule has 0 bridgehead atoms. The molecule has 1 amide bonds. The van der Waals surface area contributed by atoms with Gasteiger partial charge in [0.1, 0.15) is 0 Å². The number of H-pyrrole nitrogens is 1. The quantitative estimate of drug-likeness (QED) is 0.707. The van der Waals surface area contributed by atoms with Crippen LogP contribution in [0.3, 0.4) is 0 Å². The molecular weight excluding hydrogens is 386 g/mol. The van der Waals surface area contributed by atoms with Crippen molar-refractivity contribution in [2.45, 2.75) is 31.3 Å². The van der Waals surface area contributed by atoms with E-state index < -0.39 is 33.9 Å². The molecule has 1 saturated carbocycles. The van der Waals surface area contributed by atoms with E-state index in [1.54, 1.807) is 29.2 Å². The maximum atomic E-state index is 12.7. The fourth-order valence-electron chi connectivity index (χ4n) is 3.59. The topological polar surface area (TPSA) is 126 Å². The van der Waals surface area contributed by atoms with Crippen LogP contribution in [0, 0.1) is 0 Å². The van der Waals surface area contributed by atoms with Crippen LogP contribution in [0.4, 0.5) is 0 Å². The summed E-state index contributed by atoms with van der Waals surface area (Å²) in [5, 5.41) is 6.64. The van der Waals surface area contributed by atoms with Gasteiger partial charge in [0.05, 0.1) is 16.9 Å². The summed E-state index contributed by atoms with van der Waals surface area (Å²) in [4.78, 5) is 38.5. The van der Waals surface area contributed by atoms with E-state index in [9.17, 15) is 22.8 Å². The molecule has 28 heavy (non-hydrogen) atoms. The number of hydrogen-bond donors (Lipinski definition) is 1. The van der Waals surface area contributed by atoms with Gasteiger partial charge in [-0.1, -0.05) is 18.2 Å². The highest BCUT2D eigenvalue weighted by atomic mass is 32.2. The summed E-state index contributed by atoms with van der Waals surface area (Å²) in [6.45, 7) is -0.499. The van der Waals surface area contributed by atoms with Gasteiger partial charge in [0.15, 0.2) is 22.1 Å². The number of nitrogens with zero attached hydrogens (tertiary/aromatic N) is 2. The molecule has 1 atom stereocenters. The molecule has 2 aliphatic rings. The fourth-order valence-corrected chi connectivity index (χ4v) is 5.30. The molecule has 2 fully saturated rings. The van der Waals surface area contributed by atoms with Crippen molar-refractivity contribution in [3.05, 3.63) is 40.3 Å². The number of aromatic amines is 1. The largest absolute Gasteiger partial charge is 0.451 e. The first-order valence-corrected chi connectivity index (χ1v) is 10.8. The van der Waals surface area contributed by atoms with E-state index in [2.05, 4.69) is 10.2 Å². The van der Waals surface area contributed by atoms with Gasteiger partial charge in [-0.2, -0.15) is 5.10 Å². The number of aromatic nitrogens is 2. The van der Waals surface area contributed by atoms with Gasteiger partial charge in [-0.05, 0) is 25.3 Å². The number of esters is 1. The summed E-state index contributed by atoms with van der Waals surface area (Å²) in [5.74, 6) is -1.21. The van der Waals surface area contributed by atoms with E-state index in [-0.39, 0.29) is 29.3 Å². The van der Waals surface area contributed by atoms with E-state index in [0.717, 1.165) is 12.8 Å². The molecule has 1 saturated heterocycles. The summed E-state index contributed by atoms with van der Waals surface area (Å²) in [5.41, 5.74) is -0.505. The van der Waals surface area contributed by atoms with Crippen molar-refractivity contribution in [1.82, 2.24) is 15.1 Å². The third-order valence-electron chi connectivity index (χ3n) is 5.05. The first-order chi connectivity index (χ1) is 13.4. The Labute approximate surface area is 160 Å². The molecule has 1 aliphatic carbocycles. The molecule has 0 unspecified atom stereocenters. The maximum absolute atomic E-state index is 12.7. The maximum Gasteiger partial charge on any atom is 0.359 e. The van der Waals surface area contributed by atoms with Crippen molar-refractivity contribution >= 4 is 32.5 Å². The van der Waals surface area contributed by atoms with Crippen LogP contribution >= 0.6 is 0 Å². The normalized spacial score (nSPS) is 20.8. The zero-order valence-corrected chi connectivity index (χ0v) is 15.8. The summed E-state index contributed by atoms with van der Waals surface area (Å²) >= 11 is 0. The van der Waals surface area contributed by atoms with Crippen LogP contribution in [-0.2, 0) is 19.4 Å². The van der Waals surface area contributed by atoms with Gasteiger partial charge in [0.2, 0.25) is 0 Å². The number of carbonyl (C=O) groups excluding carboxylic acids is 2. The lowest BCUT2D eigenvalue weighted by Crippen LogP contribution is -2.44. The minimum atomic E-state index is -3.13. The van der Waals surface area contributed by atoms with Gasteiger partial charge in [-0.15, -0.1) is 0 Å². The lowest BCUT2D eigenvalue weighted by molar-refractivity contribution is -0.137. The average Bonchev–Trinajstić information content (AvgIpc) is 3.43. The molecule has 1 aromatic heterocycles. The summed E-state index contributed by atoms with van der Waals surface area (Å²) < 4.78 is 28.7. The Bertz CT molecular complexity index is 1110. The van der Waals surface area contributed by atoms with Crippen molar-refractivity contribution in [1.29, 1.82) is 0 Å². The molecule has 0 radical (unpaired) electrons. The third kappa shape index (κ3) is 3.64. The molecular formula is C18H19N3O6S. The molecule has 1 N–H and O–H groups in total. The Morgan fingerprint density at radius 1 is 1.14 bits per heavy atom. The third-order valence-corrected chi connectivity index (χ3v) is 6.80. The highest BCUT2D eigenvalue weighted by Gasteiger charge is 2.42. The van der Waals surface area contributed by atoms with Crippen LogP contribution in [0.15, 0.2) is 29.1 Å². The van der Waals surface area contributed by atoms with Gasteiger partial charge in [0, 0.05) is 17.5 Å². The van der Waals surface area contributed by atoms with Crippen LogP contribution in [-0.4, -0.2) is 65.6 Å². The predicted octanol–water partition coefficient (Wildman–Crippen LogP) is 0.258. The number of rotatable bonds is 5. The molecule has 1 aliphatic heterocycles. The molecule has 4 rings (SSSR count). The molecule has 9 nitrogen and oxygen atoms in total. The van der Waals surface area contributed by atoms with Gasteiger partial charge >= 0.3 is 5.97 Å². The van der Waals surface area contributed by atoms with E-state index in [1.807, 2.05) is 0 Å². The number of fused-ring (bicyclic) bond motifs is 1. The van der Waals surface area contributed by atoms with E-state index in [4.69, 9.17) is 4.74 Å². The lowest BCUT2D eigenvalue weighted by atomic mass is 10.1. The van der Waals surface area contributed by atoms with Crippen LogP contribution in [0.5, 0.6) is 0 Å². The van der Waals surface area contributed by atoms with Crippen LogP contribution in [0.2, 0.25) is 0 Å². The van der Waals surface area contributed by atoms with Gasteiger partial charge < -0.3 is 9.64 Å². The monoisotopic (exact) mass is 405 g/mol. The van der Waals surface area contributed by atoms with Gasteiger partial charge in [-0.25, -0.2) is 18.3 Å². The predicted molar refractivity (Wildman–Crippen MR) is 99.6 cm³/mol. The zero-order chi connectivity index (χ0) is 19.9. The minimum Gasteiger partial charge on any atom is -0.451 e. The Hall–Kier alpha value is -2.75. The summed E-state index contributed by atoms with van der Waals surface area (Å²) in [7, 11) is -3.13. The second-order valence-corrected chi connectivity index (χ2v) is 9.34. The van der Waals surface area contributed by atoms with Gasteiger partial charge in [0.25, 0.3) is 11.5 Å². The summed E-state index contributed by atoms with van der Waals surface area (Å²) in [6.07, 6.45) is 2.05. The number of hydrogen-bond acceptors (Lipinski definition) is 7. The van der Waals surface area contributed by atoms with Crippen molar-refractivity contribution in [2.75, 3.05) is 18.1 Å². The van der Waals surface area contributed by atoms with Crippen LogP contribution < -0.4 is 5.56 Å². The second-order valence-electron chi connectivity index (χ2n) is 7.11. The molecule has 1 aromatic carbocycles. The molecule has 2 heterocycles. The molecule has 10 heteroatoms. The smallest absolute Gasteiger partial charge is 0.359 e. The minimum absolute atomic E-state index is 0.0107. The Morgan fingerprint density at radius 3 is 2.50 bits per heavy atom. The van der Waals surface area contributed by atoms with Crippen LogP contribution in [0.1, 0.15) is 29.8 Å². The number of ether oxygens (including phenoxy) is 1. The second kappa shape index (κ2) is 7.01. The van der Waals surface area contributed by atoms with E-state index in [0.29, 0.717) is 17.2 Å². The Balaban J connectivity index is 1.48. The van der Waals surface area contributed by atoms with E-state index in [1.165, 1.54) is 0 Å². The number of nitrogens with one attached hydrogen (secondary N) is 1. The molecule has 2 aromatic rings. The first kappa shape index (κ1) is 18.6. The van der Waals surface area contributed by atoms with Crippen molar-refractivity contribution < 1.29 is 22.7 Å². The van der Waals surface area contributed by atoms with Crippen LogP contribution in [0.25, 0.3) is 10.8 Å². The number of sulfone groups is 1. The van der Waals surface area contributed by atoms with E-state index >= 15 is 0 Å². The summed E-state index contributed by atoms with van der Waals surface area (Å²) in [6, 6.07) is 6.12. The van der Waals surface area contributed by atoms with Crippen molar-refractivity contribution in [2.24, 2.45) is 0 Å². The zero-order valence-electron chi connectivity index (χ0n) is 15.0. The fraction of sp³-hybridized carbons (Fsp3) is 0.444. The first-order valence-electron chi connectivity index (χ1n) is 9.02. The number of carbonyl (C=O) groups is 2. The molecule has 0 spiro atoms. The highest BCUT2D eigenvalue weighted by Crippen LogP contribution is 2.32. The standard InChI is InChI=1S/C18H19N3O6S/c22-15(21(11-5-6-11)12-7-8-28(25,26)10-12)9-27-18(24)16-13-3-1-2-4-14(13)17(23)20-19-16/h1-4,11-12H,5-10H2,(H,20,23)/t12-/m0/s1. The van der Waals surface area contributed by atoms with Gasteiger partial charge in [-0.3, -0.25) is 9.59 Å². The highest BCUT2D eigenvalue weighted by molar-refractivity contribution is 7.91. The number of benzene rings is 1. The lowest BCUT2D eigenvalue weighted by Gasteiger charge is -2.28. The Morgan fingerprint density at radius 2 is 1.86 bits per heavy atom. The average molecular weight is 405 g/mol. The SMILES string of the molecule is O=C(OCC(=O)N(C1CC1)[C@H]1CCS(=O)(=O)C1)c1n[nH]c(=O)c2ccccc12. The van der Waals surface area contributed by atoms with Crippen molar-refractivity contribution in [3.8, 4) is 0 Å². The molecule has 148 valence electrons.